The summed E-state index contributed by atoms with van der Waals surface area (Å²) in [5.41, 5.74) is 2.17. The van der Waals surface area contributed by atoms with E-state index in [1.54, 1.807) is 17.5 Å². The molecule has 0 bridgehead atoms. The molecule has 4 aromatic carbocycles. The van der Waals surface area contributed by atoms with Crippen LogP contribution in [0.15, 0.2) is 123 Å². The van der Waals surface area contributed by atoms with E-state index in [4.69, 9.17) is 19.5 Å². The van der Waals surface area contributed by atoms with Gasteiger partial charge in [0.15, 0.2) is 11.3 Å². The zero-order valence-electron chi connectivity index (χ0n) is 25.1. The van der Waals surface area contributed by atoms with Crippen LogP contribution in [-0.2, 0) is 0 Å². The minimum atomic E-state index is -0.518. The van der Waals surface area contributed by atoms with E-state index in [0.29, 0.717) is 38.9 Å². The second-order valence-corrected chi connectivity index (χ2v) is 12.0. The molecule has 5 aromatic heterocycles. The average molecular weight is 648 g/mol. The van der Waals surface area contributed by atoms with Crippen LogP contribution < -0.4 is 11.2 Å². The average Bonchev–Trinajstić information content (AvgIpc) is 3.85. The predicted octanol–water partition coefficient (Wildman–Crippen LogP) is 6.47. The molecule has 230 valence electrons. The number of hydrogen-bond acceptors (Lipinski definition) is 9. The number of nitrogens with zero attached hydrogens (tertiary/aromatic N) is 7. The highest BCUT2D eigenvalue weighted by atomic mass is 32.1. The van der Waals surface area contributed by atoms with E-state index in [2.05, 4.69) is 5.10 Å². The lowest BCUT2D eigenvalue weighted by Gasteiger charge is -2.04. The quantitative estimate of drug-likeness (QED) is 0.118. The maximum atomic E-state index is 14.4. The summed E-state index contributed by atoms with van der Waals surface area (Å²) in [6.07, 6.45) is 0. The number of para-hydroxylation sites is 2. The van der Waals surface area contributed by atoms with Gasteiger partial charge in [0.2, 0.25) is 11.6 Å². The van der Waals surface area contributed by atoms with Gasteiger partial charge >= 0.3 is 5.63 Å². The molecule has 0 spiro atoms. The molecule has 0 aliphatic carbocycles. The third-order valence-corrected chi connectivity index (χ3v) is 9.06. The number of benzene rings is 4. The van der Waals surface area contributed by atoms with Crippen LogP contribution in [-0.4, -0.2) is 39.7 Å². The Balaban J connectivity index is 1.30. The fourth-order valence-electron chi connectivity index (χ4n) is 6.00. The lowest BCUT2D eigenvalue weighted by molar-refractivity contribution is 0.100. The Hall–Kier alpha value is -6.53. The normalized spacial score (nSPS) is 11.7. The summed E-state index contributed by atoms with van der Waals surface area (Å²) in [4.78, 5) is 50.1. The van der Waals surface area contributed by atoms with E-state index in [0.717, 1.165) is 16.2 Å². The minimum Gasteiger partial charge on any atom is -0.422 e. The standard InChI is InChI=1S/C36H21N7O4S/c1-20(44)32-40-43(23-13-6-3-7-14-23)36-38-29-30(39-42(22-11-4-2-5-12-22)31(29)34(45)41(32)36)33-37-27(19-48-33)26-18-25-24-15-9-8-10-21(24)16-17-28(25)47-35(26)46/h2-19H,1H3. The molecule has 0 unspecified atom stereocenters. The molecule has 5 heterocycles. The maximum Gasteiger partial charge on any atom is 0.345 e. The molecule has 0 N–H and O–H groups in total. The van der Waals surface area contributed by atoms with Gasteiger partial charge in [-0.25, -0.2) is 23.8 Å². The fraction of sp³-hybridized carbons (Fsp3) is 0.0278. The van der Waals surface area contributed by atoms with E-state index >= 15 is 0 Å². The van der Waals surface area contributed by atoms with E-state index in [1.165, 1.54) is 32.0 Å². The Morgan fingerprint density at radius 3 is 2.23 bits per heavy atom. The van der Waals surface area contributed by atoms with Crippen molar-refractivity contribution in [2.24, 2.45) is 0 Å². The lowest BCUT2D eigenvalue weighted by Crippen LogP contribution is -2.20. The zero-order chi connectivity index (χ0) is 32.5. The van der Waals surface area contributed by atoms with Crippen LogP contribution >= 0.6 is 11.3 Å². The van der Waals surface area contributed by atoms with Gasteiger partial charge in [0, 0.05) is 17.7 Å². The lowest BCUT2D eigenvalue weighted by atomic mass is 10.0. The van der Waals surface area contributed by atoms with Crippen molar-refractivity contribution in [1.29, 1.82) is 0 Å². The number of carbonyl (C=O) groups excluding carboxylic acids is 1. The minimum absolute atomic E-state index is 0.0531. The molecule has 0 aliphatic heterocycles. The molecular formula is C36H21N7O4S. The van der Waals surface area contributed by atoms with Crippen LogP contribution in [0.2, 0.25) is 0 Å². The molecule has 11 nitrogen and oxygen atoms in total. The third kappa shape index (κ3) is 4.16. The van der Waals surface area contributed by atoms with Crippen LogP contribution in [0.5, 0.6) is 0 Å². The molecule has 0 fully saturated rings. The second-order valence-electron chi connectivity index (χ2n) is 11.2. The second kappa shape index (κ2) is 10.5. The third-order valence-electron chi connectivity index (χ3n) is 8.21. The van der Waals surface area contributed by atoms with Crippen molar-refractivity contribution in [3.05, 3.63) is 135 Å². The van der Waals surface area contributed by atoms with Gasteiger partial charge in [-0.05, 0) is 47.2 Å². The highest BCUT2D eigenvalue weighted by Gasteiger charge is 2.27. The Labute approximate surface area is 273 Å². The summed E-state index contributed by atoms with van der Waals surface area (Å²) in [6, 6.07) is 31.7. The van der Waals surface area contributed by atoms with Crippen molar-refractivity contribution < 1.29 is 9.21 Å². The van der Waals surface area contributed by atoms with E-state index in [-0.39, 0.29) is 22.6 Å². The topological polar surface area (TPSA) is 130 Å². The fourth-order valence-corrected chi connectivity index (χ4v) is 6.80. The van der Waals surface area contributed by atoms with Crippen LogP contribution in [0.25, 0.3) is 71.9 Å². The number of carbonyl (C=O) groups is 1. The van der Waals surface area contributed by atoms with Crippen LogP contribution in [0.1, 0.15) is 17.5 Å². The number of hydrogen-bond donors (Lipinski definition) is 0. The molecule has 0 radical (unpaired) electrons. The Morgan fingerprint density at radius 2 is 1.48 bits per heavy atom. The van der Waals surface area contributed by atoms with Gasteiger partial charge in [-0.3, -0.25) is 9.59 Å². The molecule has 12 heteroatoms. The highest BCUT2D eigenvalue weighted by molar-refractivity contribution is 7.13. The summed E-state index contributed by atoms with van der Waals surface area (Å²) in [5.74, 6) is -0.296. The first-order chi connectivity index (χ1) is 23.5. The molecule has 0 aliphatic rings. The SMILES string of the molecule is CC(=O)c1nn(-c2ccccc2)c2nc3c(-c4nc(-c5cc6c(ccc7ccccc76)oc5=O)cs4)nn(-c4ccccc4)c3c(=O)n12. The molecule has 0 saturated heterocycles. The largest absolute Gasteiger partial charge is 0.422 e. The first-order valence-corrected chi connectivity index (χ1v) is 15.8. The van der Waals surface area contributed by atoms with E-state index in [1.807, 2.05) is 91.0 Å². The Morgan fingerprint density at radius 1 is 0.771 bits per heavy atom. The zero-order valence-corrected chi connectivity index (χ0v) is 25.9. The summed E-state index contributed by atoms with van der Waals surface area (Å²) in [7, 11) is 0. The van der Waals surface area contributed by atoms with Gasteiger partial charge in [0.05, 0.1) is 22.6 Å². The summed E-state index contributed by atoms with van der Waals surface area (Å²) >= 11 is 1.27. The Bertz CT molecular complexity index is 2870. The first-order valence-electron chi connectivity index (χ1n) is 14.9. The highest BCUT2D eigenvalue weighted by Crippen LogP contribution is 2.34. The molecule has 9 rings (SSSR count). The van der Waals surface area contributed by atoms with Crippen molar-refractivity contribution >= 4 is 55.7 Å². The molecule has 9 aromatic rings. The predicted molar refractivity (Wildman–Crippen MR) is 183 cm³/mol. The smallest absolute Gasteiger partial charge is 0.345 e. The van der Waals surface area contributed by atoms with Gasteiger partial charge in [-0.1, -0.05) is 66.7 Å². The first kappa shape index (κ1) is 27.8. The van der Waals surface area contributed by atoms with Crippen molar-refractivity contribution in [2.75, 3.05) is 0 Å². The maximum absolute atomic E-state index is 14.4. The van der Waals surface area contributed by atoms with Gasteiger partial charge in [-0.2, -0.15) is 9.78 Å². The van der Waals surface area contributed by atoms with Crippen LogP contribution in [0.3, 0.4) is 0 Å². The summed E-state index contributed by atoms with van der Waals surface area (Å²) < 4.78 is 9.94. The number of thiazole rings is 1. The van der Waals surface area contributed by atoms with E-state index in [9.17, 15) is 14.4 Å². The molecular weight excluding hydrogens is 627 g/mol. The number of ketones is 1. The molecule has 0 atom stereocenters. The number of Topliss-reactive ketones (excluding diaryl/α,β-unsaturated/α-hetero) is 1. The molecule has 0 amide bonds. The van der Waals surface area contributed by atoms with Gasteiger partial charge in [0.25, 0.3) is 5.56 Å². The van der Waals surface area contributed by atoms with Crippen molar-refractivity contribution in [3.63, 3.8) is 0 Å². The summed E-state index contributed by atoms with van der Waals surface area (Å²) in [6.45, 7) is 1.36. The van der Waals surface area contributed by atoms with Crippen LogP contribution in [0.4, 0.5) is 0 Å². The van der Waals surface area contributed by atoms with Crippen LogP contribution in [0, 0.1) is 0 Å². The van der Waals surface area contributed by atoms with E-state index < -0.39 is 17.0 Å². The van der Waals surface area contributed by atoms with Crippen molar-refractivity contribution in [2.45, 2.75) is 6.92 Å². The Kier molecular flexibility index (Phi) is 6.07. The van der Waals surface area contributed by atoms with Crippen molar-refractivity contribution in [1.82, 2.24) is 33.9 Å². The van der Waals surface area contributed by atoms with Crippen molar-refractivity contribution in [3.8, 4) is 33.3 Å². The number of fused-ring (bicyclic) bond motifs is 5. The molecule has 0 saturated carbocycles. The number of rotatable bonds is 5. The van der Waals surface area contributed by atoms with Gasteiger partial charge in [-0.15, -0.1) is 16.4 Å². The number of aromatic nitrogens is 7. The van der Waals surface area contributed by atoms with Gasteiger partial charge in [0.1, 0.15) is 21.8 Å². The summed E-state index contributed by atoms with van der Waals surface area (Å²) in [5, 5.41) is 14.3. The molecule has 48 heavy (non-hydrogen) atoms. The monoisotopic (exact) mass is 647 g/mol. The van der Waals surface area contributed by atoms with Gasteiger partial charge < -0.3 is 4.42 Å².